The number of fused-ring (bicyclic) bond motifs is 1. The summed E-state index contributed by atoms with van der Waals surface area (Å²) < 4.78 is 11.1. The van der Waals surface area contributed by atoms with Crippen molar-refractivity contribution >= 4 is 17.5 Å². The lowest BCUT2D eigenvalue weighted by molar-refractivity contribution is -0.384. The summed E-state index contributed by atoms with van der Waals surface area (Å²) in [7, 11) is 0. The van der Waals surface area contributed by atoms with Crippen LogP contribution in [0.5, 0.6) is 11.5 Å². The van der Waals surface area contributed by atoms with E-state index in [9.17, 15) is 19.7 Å². The Labute approximate surface area is 173 Å². The lowest BCUT2D eigenvalue weighted by Gasteiger charge is -2.25. The molecule has 3 rings (SSSR count). The first-order valence-corrected chi connectivity index (χ1v) is 9.56. The molecular formula is C21H23N3O6. The van der Waals surface area contributed by atoms with Crippen molar-refractivity contribution in [2.75, 3.05) is 19.8 Å². The van der Waals surface area contributed by atoms with Crippen molar-refractivity contribution in [2.45, 2.75) is 19.9 Å². The molecule has 2 amide bonds. The Bertz CT molecular complexity index is 960. The van der Waals surface area contributed by atoms with Crippen molar-refractivity contribution < 1.29 is 24.0 Å². The lowest BCUT2D eigenvalue weighted by Crippen LogP contribution is -2.40. The third-order valence-electron chi connectivity index (χ3n) is 4.64. The van der Waals surface area contributed by atoms with Gasteiger partial charge in [0, 0.05) is 17.7 Å². The molecule has 1 aliphatic rings. The molecule has 2 aromatic rings. The zero-order chi connectivity index (χ0) is 21.7. The summed E-state index contributed by atoms with van der Waals surface area (Å²) in [5.74, 6) is 0.460. The number of nitro groups is 1. The van der Waals surface area contributed by atoms with Gasteiger partial charge in [0.15, 0.2) is 11.5 Å². The van der Waals surface area contributed by atoms with Crippen LogP contribution in [0.2, 0.25) is 0 Å². The average molecular weight is 413 g/mol. The van der Waals surface area contributed by atoms with Gasteiger partial charge in [-0.05, 0) is 29.7 Å². The SMILES string of the molecule is CC(C)C(NC(=O)CNC(=O)c1cccc([N+](=O)[O-])c1)c1ccc2c(c1)OCCO2. The predicted octanol–water partition coefficient (Wildman–Crippen LogP) is 2.61. The van der Waals surface area contributed by atoms with Gasteiger partial charge in [-0.3, -0.25) is 19.7 Å². The van der Waals surface area contributed by atoms with Gasteiger partial charge in [0.05, 0.1) is 17.5 Å². The molecule has 1 atom stereocenters. The number of nitro benzene ring substituents is 1. The predicted molar refractivity (Wildman–Crippen MR) is 109 cm³/mol. The molecule has 1 aliphatic heterocycles. The first kappa shape index (κ1) is 21.1. The maximum absolute atomic E-state index is 12.4. The molecule has 30 heavy (non-hydrogen) atoms. The van der Waals surface area contributed by atoms with Crippen LogP contribution in [0.4, 0.5) is 5.69 Å². The summed E-state index contributed by atoms with van der Waals surface area (Å²) >= 11 is 0. The van der Waals surface area contributed by atoms with E-state index in [1.165, 1.54) is 24.3 Å². The van der Waals surface area contributed by atoms with E-state index in [1.54, 1.807) is 0 Å². The number of amides is 2. The second-order valence-corrected chi connectivity index (χ2v) is 7.18. The molecule has 0 bridgehead atoms. The van der Waals surface area contributed by atoms with Crippen molar-refractivity contribution in [3.05, 3.63) is 63.7 Å². The normalized spacial score (nSPS) is 13.4. The van der Waals surface area contributed by atoms with Crippen molar-refractivity contribution in [1.82, 2.24) is 10.6 Å². The topological polar surface area (TPSA) is 120 Å². The van der Waals surface area contributed by atoms with Gasteiger partial charge in [0.2, 0.25) is 5.91 Å². The Hall–Kier alpha value is -3.62. The molecule has 0 saturated heterocycles. The highest BCUT2D eigenvalue weighted by molar-refractivity contribution is 5.97. The Balaban J connectivity index is 1.62. The molecule has 9 heteroatoms. The Kier molecular flexibility index (Phi) is 6.51. The Morgan fingerprint density at radius 1 is 1.10 bits per heavy atom. The van der Waals surface area contributed by atoms with E-state index in [1.807, 2.05) is 32.0 Å². The van der Waals surface area contributed by atoms with Crippen LogP contribution in [0, 0.1) is 16.0 Å². The van der Waals surface area contributed by atoms with Crippen LogP contribution >= 0.6 is 0 Å². The molecular weight excluding hydrogens is 390 g/mol. The second-order valence-electron chi connectivity index (χ2n) is 7.18. The van der Waals surface area contributed by atoms with Crippen molar-refractivity contribution in [2.24, 2.45) is 5.92 Å². The minimum Gasteiger partial charge on any atom is -0.486 e. The van der Waals surface area contributed by atoms with E-state index in [0.29, 0.717) is 24.7 Å². The number of hydrogen-bond donors (Lipinski definition) is 2. The van der Waals surface area contributed by atoms with Gasteiger partial charge in [-0.15, -0.1) is 0 Å². The minimum atomic E-state index is -0.579. The van der Waals surface area contributed by atoms with Crippen LogP contribution in [0.1, 0.15) is 35.8 Å². The van der Waals surface area contributed by atoms with Crippen LogP contribution in [-0.2, 0) is 4.79 Å². The lowest BCUT2D eigenvalue weighted by atomic mass is 9.95. The van der Waals surface area contributed by atoms with Crippen LogP contribution in [0.3, 0.4) is 0 Å². The van der Waals surface area contributed by atoms with E-state index < -0.39 is 10.8 Å². The maximum atomic E-state index is 12.4. The van der Waals surface area contributed by atoms with Gasteiger partial charge >= 0.3 is 0 Å². The van der Waals surface area contributed by atoms with E-state index in [4.69, 9.17) is 9.47 Å². The summed E-state index contributed by atoms with van der Waals surface area (Å²) in [5.41, 5.74) is 0.794. The molecule has 1 unspecified atom stereocenters. The molecule has 0 saturated carbocycles. The Morgan fingerprint density at radius 2 is 1.83 bits per heavy atom. The second kappa shape index (κ2) is 9.25. The van der Waals surface area contributed by atoms with E-state index in [-0.39, 0.29) is 35.7 Å². The van der Waals surface area contributed by atoms with Gasteiger partial charge in [-0.1, -0.05) is 26.0 Å². The standard InChI is InChI=1S/C21H23N3O6/c1-13(2)20(14-6-7-17-18(11-14)30-9-8-29-17)23-19(25)12-22-21(26)15-4-3-5-16(10-15)24(27)28/h3-7,10-11,13,20H,8-9,12H2,1-2H3,(H,22,26)(H,23,25). The number of hydrogen-bond acceptors (Lipinski definition) is 6. The van der Waals surface area contributed by atoms with Crippen LogP contribution in [0.15, 0.2) is 42.5 Å². The van der Waals surface area contributed by atoms with Crippen molar-refractivity contribution in [1.29, 1.82) is 0 Å². The van der Waals surface area contributed by atoms with Gasteiger partial charge in [0.25, 0.3) is 11.6 Å². The number of rotatable bonds is 7. The summed E-state index contributed by atoms with van der Waals surface area (Å²) in [6.07, 6.45) is 0. The highest BCUT2D eigenvalue weighted by Crippen LogP contribution is 2.34. The van der Waals surface area contributed by atoms with Crippen LogP contribution in [0.25, 0.3) is 0 Å². The highest BCUT2D eigenvalue weighted by atomic mass is 16.6. The molecule has 158 valence electrons. The smallest absolute Gasteiger partial charge is 0.270 e. The molecule has 2 N–H and O–H groups in total. The monoisotopic (exact) mass is 413 g/mol. The number of nitrogens with one attached hydrogen (secondary N) is 2. The maximum Gasteiger partial charge on any atom is 0.270 e. The number of carbonyl (C=O) groups is 2. The summed E-state index contributed by atoms with van der Waals surface area (Å²) in [5, 5.41) is 16.3. The number of benzene rings is 2. The van der Waals surface area contributed by atoms with Crippen LogP contribution < -0.4 is 20.1 Å². The van der Waals surface area contributed by atoms with E-state index in [0.717, 1.165) is 5.56 Å². The fraction of sp³-hybridized carbons (Fsp3) is 0.333. The molecule has 0 aromatic heterocycles. The minimum absolute atomic E-state index is 0.0870. The van der Waals surface area contributed by atoms with E-state index >= 15 is 0 Å². The van der Waals surface area contributed by atoms with Gasteiger partial charge in [-0.2, -0.15) is 0 Å². The fourth-order valence-electron chi connectivity index (χ4n) is 3.14. The van der Waals surface area contributed by atoms with E-state index in [2.05, 4.69) is 10.6 Å². The zero-order valence-corrected chi connectivity index (χ0v) is 16.7. The molecule has 9 nitrogen and oxygen atoms in total. The first-order valence-electron chi connectivity index (χ1n) is 9.56. The summed E-state index contributed by atoms with van der Waals surface area (Å²) in [4.78, 5) is 34.9. The Morgan fingerprint density at radius 3 is 2.53 bits per heavy atom. The summed E-state index contributed by atoms with van der Waals surface area (Å²) in [6.45, 7) is 4.67. The van der Waals surface area contributed by atoms with Crippen molar-refractivity contribution in [3.8, 4) is 11.5 Å². The number of nitrogens with zero attached hydrogens (tertiary/aromatic N) is 1. The molecule has 0 spiro atoms. The number of non-ortho nitro benzene ring substituents is 1. The molecule has 1 heterocycles. The fourth-order valence-corrected chi connectivity index (χ4v) is 3.14. The largest absolute Gasteiger partial charge is 0.486 e. The summed E-state index contributed by atoms with van der Waals surface area (Å²) in [6, 6.07) is 10.6. The van der Waals surface area contributed by atoms with Crippen molar-refractivity contribution in [3.63, 3.8) is 0 Å². The highest BCUT2D eigenvalue weighted by Gasteiger charge is 2.22. The molecule has 0 fully saturated rings. The third kappa shape index (κ3) is 5.05. The quantitative estimate of drug-likeness (QED) is 0.532. The first-order chi connectivity index (χ1) is 14.3. The van der Waals surface area contributed by atoms with Gasteiger partial charge < -0.3 is 20.1 Å². The van der Waals surface area contributed by atoms with Crippen LogP contribution in [-0.4, -0.2) is 36.5 Å². The average Bonchev–Trinajstić information content (AvgIpc) is 2.75. The molecule has 0 radical (unpaired) electrons. The number of ether oxygens (including phenoxy) is 2. The number of carbonyl (C=O) groups excluding carboxylic acids is 2. The van der Waals surface area contributed by atoms with Gasteiger partial charge in [-0.25, -0.2) is 0 Å². The zero-order valence-electron chi connectivity index (χ0n) is 16.7. The third-order valence-corrected chi connectivity index (χ3v) is 4.64. The molecule has 0 aliphatic carbocycles. The van der Waals surface area contributed by atoms with Gasteiger partial charge in [0.1, 0.15) is 13.2 Å². The molecule has 2 aromatic carbocycles.